The molecule has 1 aromatic rings. The van der Waals surface area contributed by atoms with E-state index in [1.165, 1.54) is 13.3 Å². The molecule has 15 heavy (non-hydrogen) atoms. The van der Waals surface area contributed by atoms with E-state index in [-0.39, 0.29) is 13.0 Å². The number of pyridine rings is 1. The van der Waals surface area contributed by atoms with Gasteiger partial charge in [-0.25, -0.2) is 4.98 Å². The SMILES string of the molecule is COc1cc(C(O)C(O)CCO)ccn1. The zero-order valence-corrected chi connectivity index (χ0v) is 8.50. The molecule has 1 heterocycles. The molecule has 0 aromatic carbocycles. The maximum atomic E-state index is 9.70. The lowest BCUT2D eigenvalue weighted by atomic mass is 10.0. The number of aromatic nitrogens is 1. The zero-order chi connectivity index (χ0) is 11.3. The first kappa shape index (κ1) is 11.9. The quantitative estimate of drug-likeness (QED) is 0.634. The summed E-state index contributed by atoms with van der Waals surface area (Å²) >= 11 is 0. The second-order valence-electron chi connectivity index (χ2n) is 3.16. The van der Waals surface area contributed by atoms with Crippen molar-refractivity contribution in [3.63, 3.8) is 0 Å². The summed E-state index contributed by atoms with van der Waals surface area (Å²) in [7, 11) is 1.47. The first-order chi connectivity index (χ1) is 7.19. The third kappa shape index (κ3) is 3.16. The van der Waals surface area contributed by atoms with E-state index in [2.05, 4.69) is 4.98 Å². The molecular formula is C10H15NO4. The Kier molecular flexibility index (Phi) is 4.48. The van der Waals surface area contributed by atoms with Crippen LogP contribution in [-0.2, 0) is 0 Å². The second-order valence-corrected chi connectivity index (χ2v) is 3.16. The summed E-state index contributed by atoms with van der Waals surface area (Å²) in [4.78, 5) is 3.88. The number of nitrogens with zero attached hydrogens (tertiary/aromatic N) is 1. The largest absolute Gasteiger partial charge is 0.481 e. The van der Waals surface area contributed by atoms with Gasteiger partial charge in [0, 0.05) is 18.9 Å². The molecule has 0 fully saturated rings. The van der Waals surface area contributed by atoms with Crippen LogP contribution in [0, 0.1) is 0 Å². The van der Waals surface area contributed by atoms with Gasteiger partial charge in [0.25, 0.3) is 0 Å². The highest BCUT2D eigenvalue weighted by molar-refractivity contribution is 5.23. The Labute approximate surface area is 88.0 Å². The van der Waals surface area contributed by atoms with Crippen LogP contribution >= 0.6 is 0 Å². The molecule has 5 heteroatoms. The maximum absolute atomic E-state index is 9.70. The van der Waals surface area contributed by atoms with Crippen molar-refractivity contribution in [3.05, 3.63) is 23.9 Å². The number of rotatable bonds is 5. The Morgan fingerprint density at radius 1 is 1.47 bits per heavy atom. The molecule has 0 aliphatic heterocycles. The summed E-state index contributed by atoms with van der Waals surface area (Å²) in [6, 6.07) is 3.14. The number of methoxy groups -OCH3 is 1. The molecule has 0 amide bonds. The van der Waals surface area contributed by atoms with E-state index in [9.17, 15) is 10.2 Å². The molecule has 2 unspecified atom stereocenters. The number of aliphatic hydroxyl groups excluding tert-OH is 3. The molecule has 0 bridgehead atoms. The Bertz CT molecular complexity index is 305. The molecule has 1 aromatic heterocycles. The lowest BCUT2D eigenvalue weighted by molar-refractivity contribution is 0.00407. The van der Waals surface area contributed by atoms with E-state index < -0.39 is 12.2 Å². The Morgan fingerprint density at radius 2 is 2.20 bits per heavy atom. The van der Waals surface area contributed by atoms with Gasteiger partial charge in [-0.15, -0.1) is 0 Å². The maximum Gasteiger partial charge on any atom is 0.213 e. The van der Waals surface area contributed by atoms with Crippen LogP contribution in [0.5, 0.6) is 5.88 Å². The van der Waals surface area contributed by atoms with Crippen molar-refractivity contribution in [3.8, 4) is 5.88 Å². The summed E-state index contributed by atoms with van der Waals surface area (Å²) in [6.07, 6.45) is -0.398. The topological polar surface area (TPSA) is 82.8 Å². The second kappa shape index (κ2) is 5.65. The minimum absolute atomic E-state index is 0.131. The molecule has 0 aliphatic rings. The molecule has 0 saturated carbocycles. The van der Waals surface area contributed by atoms with Crippen LogP contribution < -0.4 is 4.74 Å². The van der Waals surface area contributed by atoms with E-state index in [4.69, 9.17) is 9.84 Å². The lowest BCUT2D eigenvalue weighted by Gasteiger charge is -2.17. The van der Waals surface area contributed by atoms with Gasteiger partial charge in [-0.3, -0.25) is 0 Å². The molecule has 2 atom stereocenters. The molecule has 0 radical (unpaired) electrons. The van der Waals surface area contributed by atoms with Gasteiger partial charge < -0.3 is 20.1 Å². The molecule has 3 N–H and O–H groups in total. The van der Waals surface area contributed by atoms with Crippen LogP contribution in [0.3, 0.4) is 0 Å². The van der Waals surface area contributed by atoms with E-state index in [0.717, 1.165) is 0 Å². The molecule has 0 aliphatic carbocycles. The van der Waals surface area contributed by atoms with Crippen LogP contribution in [-0.4, -0.2) is 40.1 Å². The van der Waals surface area contributed by atoms with Crippen LogP contribution in [0.25, 0.3) is 0 Å². The zero-order valence-electron chi connectivity index (χ0n) is 8.50. The van der Waals surface area contributed by atoms with Crippen molar-refractivity contribution < 1.29 is 20.1 Å². The van der Waals surface area contributed by atoms with E-state index in [1.807, 2.05) is 0 Å². The predicted octanol–water partition coefficient (Wildman–Crippen LogP) is -0.133. The fraction of sp³-hybridized carbons (Fsp3) is 0.500. The number of ether oxygens (including phenoxy) is 1. The van der Waals surface area contributed by atoms with Crippen LogP contribution in [0.15, 0.2) is 18.3 Å². The molecule has 0 spiro atoms. The van der Waals surface area contributed by atoms with Gasteiger partial charge >= 0.3 is 0 Å². The van der Waals surface area contributed by atoms with Gasteiger partial charge in [0.1, 0.15) is 6.10 Å². The Morgan fingerprint density at radius 3 is 2.80 bits per heavy atom. The molecule has 0 saturated heterocycles. The highest BCUT2D eigenvalue weighted by atomic mass is 16.5. The van der Waals surface area contributed by atoms with E-state index in [0.29, 0.717) is 11.4 Å². The molecule has 1 rings (SSSR count). The highest BCUT2D eigenvalue weighted by Crippen LogP contribution is 2.21. The van der Waals surface area contributed by atoms with Crippen LogP contribution in [0.1, 0.15) is 18.1 Å². The third-order valence-corrected chi connectivity index (χ3v) is 2.10. The van der Waals surface area contributed by atoms with Crippen molar-refractivity contribution in [1.29, 1.82) is 0 Å². The fourth-order valence-corrected chi connectivity index (χ4v) is 1.23. The Hall–Kier alpha value is -1.17. The van der Waals surface area contributed by atoms with Gasteiger partial charge in [0.05, 0.1) is 13.2 Å². The van der Waals surface area contributed by atoms with E-state index in [1.54, 1.807) is 12.1 Å². The fourth-order valence-electron chi connectivity index (χ4n) is 1.23. The summed E-state index contributed by atoms with van der Waals surface area (Å²) in [5.41, 5.74) is 0.516. The summed E-state index contributed by atoms with van der Waals surface area (Å²) < 4.78 is 4.89. The average molecular weight is 213 g/mol. The van der Waals surface area contributed by atoms with Crippen molar-refractivity contribution in [2.45, 2.75) is 18.6 Å². The Balaban J connectivity index is 2.76. The third-order valence-electron chi connectivity index (χ3n) is 2.10. The van der Waals surface area contributed by atoms with Crippen molar-refractivity contribution in [1.82, 2.24) is 4.98 Å². The standard InChI is InChI=1S/C10H15NO4/c1-15-9-6-7(2-4-11-9)10(14)8(13)3-5-12/h2,4,6,8,10,12-14H,3,5H2,1H3. The van der Waals surface area contributed by atoms with Crippen molar-refractivity contribution in [2.24, 2.45) is 0 Å². The number of aliphatic hydroxyl groups is 3. The summed E-state index contributed by atoms with van der Waals surface area (Å²) in [6.45, 7) is -0.166. The minimum Gasteiger partial charge on any atom is -0.481 e. The summed E-state index contributed by atoms with van der Waals surface area (Å²) in [5, 5.41) is 27.8. The first-order valence-corrected chi connectivity index (χ1v) is 4.66. The van der Waals surface area contributed by atoms with Gasteiger partial charge in [-0.1, -0.05) is 0 Å². The molecule has 5 nitrogen and oxygen atoms in total. The van der Waals surface area contributed by atoms with Gasteiger partial charge in [0.2, 0.25) is 5.88 Å². The minimum atomic E-state index is -1.03. The average Bonchev–Trinajstić information content (AvgIpc) is 2.28. The monoisotopic (exact) mass is 213 g/mol. The van der Waals surface area contributed by atoms with Crippen molar-refractivity contribution in [2.75, 3.05) is 13.7 Å². The van der Waals surface area contributed by atoms with Gasteiger partial charge in [0.15, 0.2) is 0 Å². The smallest absolute Gasteiger partial charge is 0.213 e. The highest BCUT2D eigenvalue weighted by Gasteiger charge is 2.18. The van der Waals surface area contributed by atoms with Crippen LogP contribution in [0.2, 0.25) is 0 Å². The summed E-state index contributed by atoms with van der Waals surface area (Å²) in [5.74, 6) is 0.378. The van der Waals surface area contributed by atoms with Gasteiger partial charge in [-0.2, -0.15) is 0 Å². The van der Waals surface area contributed by atoms with Gasteiger partial charge in [-0.05, 0) is 18.1 Å². The number of hydrogen-bond donors (Lipinski definition) is 3. The molecular weight excluding hydrogens is 198 g/mol. The first-order valence-electron chi connectivity index (χ1n) is 4.66. The lowest BCUT2D eigenvalue weighted by Crippen LogP contribution is -2.19. The normalized spacial score (nSPS) is 14.7. The molecule has 84 valence electrons. The predicted molar refractivity (Wildman–Crippen MR) is 53.5 cm³/mol. The number of hydrogen-bond acceptors (Lipinski definition) is 5. The van der Waals surface area contributed by atoms with Crippen LogP contribution in [0.4, 0.5) is 0 Å². The van der Waals surface area contributed by atoms with E-state index >= 15 is 0 Å². The van der Waals surface area contributed by atoms with Crippen molar-refractivity contribution >= 4 is 0 Å².